The van der Waals surface area contributed by atoms with Crippen molar-refractivity contribution in [1.82, 2.24) is 0 Å². The maximum Gasteiger partial charge on any atom is 0.337 e. The molecule has 38 heavy (non-hydrogen) atoms. The van der Waals surface area contributed by atoms with E-state index in [9.17, 15) is 9.90 Å². The number of aryl methyl sites for hydroxylation is 1. The van der Waals surface area contributed by atoms with Gasteiger partial charge in [0.05, 0.1) is 43.8 Å². The van der Waals surface area contributed by atoms with Crippen LogP contribution in [0.3, 0.4) is 0 Å². The molecule has 1 saturated heterocycles. The number of benzene rings is 2. The molecule has 6 rings (SSSR count). The van der Waals surface area contributed by atoms with Crippen molar-refractivity contribution in [3.05, 3.63) is 58.1 Å². The molecule has 6 nitrogen and oxygen atoms in total. The number of carbonyl (C=O) groups excluding carboxylic acids is 1. The van der Waals surface area contributed by atoms with Gasteiger partial charge in [-0.05, 0) is 85.4 Å². The normalized spacial score (nSPS) is 32.4. The summed E-state index contributed by atoms with van der Waals surface area (Å²) >= 11 is 6.39. The van der Waals surface area contributed by atoms with Gasteiger partial charge in [-0.2, -0.15) is 0 Å². The molecule has 4 aliphatic rings. The van der Waals surface area contributed by atoms with Crippen molar-refractivity contribution in [2.75, 3.05) is 38.3 Å². The van der Waals surface area contributed by atoms with Crippen LogP contribution in [0, 0.1) is 17.8 Å². The Bertz CT molecular complexity index is 1200. The summed E-state index contributed by atoms with van der Waals surface area (Å²) in [5.41, 5.74) is 3.97. The number of aliphatic hydroxyl groups is 1. The Balaban J connectivity index is 1.33. The first-order valence-electron chi connectivity index (χ1n) is 14.1. The van der Waals surface area contributed by atoms with E-state index in [0.717, 1.165) is 61.7 Å². The number of hydrogen-bond acceptors (Lipinski definition) is 6. The highest BCUT2D eigenvalue weighted by molar-refractivity contribution is 6.30. The maximum absolute atomic E-state index is 12.5. The molecule has 6 atom stereocenters. The van der Waals surface area contributed by atoms with E-state index < -0.39 is 0 Å². The average Bonchev–Trinajstić information content (AvgIpc) is 3.05. The van der Waals surface area contributed by atoms with Gasteiger partial charge in [-0.25, -0.2) is 4.79 Å². The zero-order chi connectivity index (χ0) is 26.4. The van der Waals surface area contributed by atoms with Gasteiger partial charge in [-0.15, -0.1) is 0 Å². The van der Waals surface area contributed by atoms with Gasteiger partial charge in [0, 0.05) is 35.9 Å². The van der Waals surface area contributed by atoms with Crippen LogP contribution >= 0.6 is 11.6 Å². The van der Waals surface area contributed by atoms with E-state index in [1.165, 1.54) is 18.2 Å². The van der Waals surface area contributed by atoms with Gasteiger partial charge < -0.3 is 24.2 Å². The molecular weight excluding hydrogens is 502 g/mol. The Morgan fingerprint density at radius 1 is 1.24 bits per heavy atom. The predicted molar refractivity (Wildman–Crippen MR) is 147 cm³/mol. The van der Waals surface area contributed by atoms with Crippen molar-refractivity contribution in [3.8, 4) is 5.75 Å². The third-order valence-electron chi connectivity index (χ3n) is 9.57. The minimum Gasteiger partial charge on any atom is -0.490 e. The maximum atomic E-state index is 12.5. The zero-order valence-electron chi connectivity index (χ0n) is 22.3. The van der Waals surface area contributed by atoms with Crippen LogP contribution in [0.15, 0.2) is 36.4 Å². The highest BCUT2D eigenvalue weighted by Gasteiger charge is 2.45. The highest BCUT2D eigenvalue weighted by Crippen LogP contribution is 2.47. The van der Waals surface area contributed by atoms with Crippen LogP contribution in [0.5, 0.6) is 5.75 Å². The van der Waals surface area contributed by atoms with Gasteiger partial charge >= 0.3 is 5.97 Å². The van der Waals surface area contributed by atoms with Gasteiger partial charge in [0.1, 0.15) is 5.75 Å². The first-order valence-corrected chi connectivity index (χ1v) is 14.4. The summed E-state index contributed by atoms with van der Waals surface area (Å²) in [4.78, 5) is 14.9. The fourth-order valence-corrected chi connectivity index (χ4v) is 7.37. The number of hydrogen-bond donors (Lipinski definition) is 1. The fourth-order valence-electron chi connectivity index (χ4n) is 7.18. The number of nitrogens with zero attached hydrogens (tertiary/aromatic N) is 1. The monoisotopic (exact) mass is 539 g/mol. The summed E-state index contributed by atoms with van der Waals surface area (Å²) in [6.07, 6.45) is 5.95. The van der Waals surface area contributed by atoms with E-state index in [-0.39, 0.29) is 29.5 Å². The Labute approximate surface area is 230 Å². The third-order valence-corrected chi connectivity index (χ3v) is 9.81. The molecule has 2 heterocycles. The molecule has 7 heteroatoms. The van der Waals surface area contributed by atoms with E-state index >= 15 is 0 Å². The van der Waals surface area contributed by atoms with Gasteiger partial charge in [0.25, 0.3) is 0 Å². The molecule has 1 saturated carbocycles. The summed E-state index contributed by atoms with van der Waals surface area (Å²) in [7, 11) is 1.42. The number of fused-ring (bicyclic) bond motifs is 3. The second-order valence-electron chi connectivity index (χ2n) is 11.9. The third kappa shape index (κ3) is 4.69. The van der Waals surface area contributed by atoms with Crippen LogP contribution in [0.2, 0.25) is 5.02 Å². The molecule has 0 unspecified atom stereocenters. The molecule has 0 amide bonds. The topological polar surface area (TPSA) is 68.2 Å². The quantitative estimate of drug-likeness (QED) is 0.524. The molecule has 0 radical (unpaired) electrons. The summed E-state index contributed by atoms with van der Waals surface area (Å²) < 4.78 is 17.8. The Hall–Kier alpha value is -2.28. The van der Waals surface area contributed by atoms with Crippen molar-refractivity contribution in [2.24, 2.45) is 17.8 Å². The van der Waals surface area contributed by atoms with Crippen molar-refractivity contribution >= 4 is 23.3 Å². The van der Waals surface area contributed by atoms with Gasteiger partial charge in [-0.1, -0.05) is 24.6 Å². The van der Waals surface area contributed by atoms with Gasteiger partial charge in [0.2, 0.25) is 0 Å². The first-order chi connectivity index (χ1) is 18.4. The standard InChI is InChI=1S/C31H38ClNO5/c1-19-16-37-29(14-27(19)34)24-8-5-22(24)15-33-17-31(11-3-4-20-12-23(32)7-9-25(20)31)18-38-28-10-6-21(13-26(28)33)30(35)36-2/h6-7,9-10,12-13,19,22,24,27,29,34H,3-5,8,11,14-18H2,1-2H3/t19-,22+,24-,27-,29+,31+/m1/s1. The average molecular weight is 540 g/mol. The number of carbonyl (C=O) groups is 1. The lowest BCUT2D eigenvalue weighted by atomic mass is 9.67. The zero-order valence-corrected chi connectivity index (χ0v) is 23.1. The van der Waals surface area contributed by atoms with Gasteiger partial charge in [-0.3, -0.25) is 0 Å². The lowest BCUT2D eigenvalue weighted by molar-refractivity contribution is -0.124. The molecule has 2 fully saturated rings. The van der Waals surface area contributed by atoms with Crippen molar-refractivity contribution in [3.63, 3.8) is 0 Å². The van der Waals surface area contributed by atoms with Crippen molar-refractivity contribution < 1.29 is 24.1 Å². The SMILES string of the molecule is COC(=O)c1ccc2c(c1)N(C[C@@H]1CC[C@H]1[C@@H]1C[C@@H](O)[C@H](C)CO1)C[C@@]1(CCCc3cc(Cl)ccc31)CO2. The molecule has 204 valence electrons. The highest BCUT2D eigenvalue weighted by atomic mass is 35.5. The van der Waals surface area contributed by atoms with E-state index in [0.29, 0.717) is 37.0 Å². The predicted octanol–water partition coefficient (Wildman–Crippen LogP) is 5.41. The number of halogens is 1. The fraction of sp³-hybridized carbons (Fsp3) is 0.581. The smallest absolute Gasteiger partial charge is 0.337 e. The lowest BCUT2D eigenvalue weighted by Gasteiger charge is -2.48. The minimum atomic E-state index is -0.343. The Morgan fingerprint density at radius 3 is 2.87 bits per heavy atom. The molecule has 2 aliphatic carbocycles. The molecule has 2 aromatic rings. The summed E-state index contributed by atoms with van der Waals surface area (Å²) in [6.45, 7) is 4.95. The van der Waals surface area contributed by atoms with Gasteiger partial charge in [0.15, 0.2) is 0 Å². The summed E-state index contributed by atoms with van der Waals surface area (Å²) in [5.74, 6) is 1.55. The van der Waals surface area contributed by atoms with E-state index in [1.54, 1.807) is 6.07 Å². The largest absolute Gasteiger partial charge is 0.490 e. The molecular formula is C31H38ClNO5. The molecule has 2 aliphatic heterocycles. The van der Waals surface area contributed by atoms with Crippen LogP contribution in [0.4, 0.5) is 5.69 Å². The summed E-state index contributed by atoms with van der Waals surface area (Å²) in [6, 6.07) is 11.9. The number of aliphatic hydroxyl groups excluding tert-OH is 1. The van der Waals surface area contributed by atoms with Crippen molar-refractivity contribution in [2.45, 2.75) is 63.1 Å². The van der Waals surface area contributed by atoms with E-state index in [4.69, 9.17) is 25.8 Å². The summed E-state index contributed by atoms with van der Waals surface area (Å²) in [5, 5.41) is 11.3. The number of methoxy groups -OCH3 is 1. The molecule has 0 bridgehead atoms. The van der Waals surface area contributed by atoms with Crippen LogP contribution in [-0.2, 0) is 21.3 Å². The van der Waals surface area contributed by atoms with Crippen LogP contribution in [0.1, 0.15) is 60.5 Å². The Kier molecular flexibility index (Phi) is 7.08. The van der Waals surface area contributed by atoms with E-state index in [2.05, 4.69) is 24.0 Å². The van der Waals surface area contributed by atoms with Crippen LogP contribution in [0.25, 0.3) is 0 Å². The first kappa shape index (κ1) is 26.0. The second kappa shape index (κ2) is 10.4. The van der Waals surface area contributed by atoms with Crippen LogP contribution < -0.4 is 9.64 Å². The lowest BCUT2D eigenvalue weighted by Crippen LogP contribution is -2.51. The van der Waals surface area contributed by atoms with Crippen LogP contribution in [-0.4, -0.2) is 56.7 Å². The minimum absolute atomic E-state index is 0.107. The molecule has 1 N–H and O–H groups in total. The van der Waals surface area contributed by atoms with Crippen molar-refractivity contribution in [1.29, 1.82) is 0 Å². The number of anilines is 1. The number of rotatable bonds is 4. The number of esters is 1. The molecule has 1 spiro atoms. The molecule has 0 aromatic heterocycles. The molecule has 2 aromatic carbocycles. The number of ether oxygens (including phenoxy) is 3. The second-order valence-corrected chi connectivity index (χ2v) is 12.4. The Morgan fingerprint density at radius 2 is 2.11 bits per heavy atom. The van der Waals surface area contributed by atoms with E-state index in [1.807, 2.05) is 18.2 Å².